The summed E-state index contributed by atoms with van der Waals surface area (Å²) in [6.45, 7) is 6.12. The number of hydrogen-bond acceptors (Lipinski definition) is 4. The van der Waals surface area contributed by atoms with Gasteiger partial charge >= 0.3 is 0 Å². The summed E-state index contributed by atoms with van der Waals surface area (Å²) in [4.78, 5) is 2.20. The average Bonchev–Trinajstić information content (AvgIpc) is 2.72. The van der Waals surface area contributed by atoms with Crippen LogP contribution in [-0.2, 0) is 4.74 Å². The van der Waals surface area contributed by atoms with Crippen LogP contribution in [0.3, 0.4) is 0 Å². The number of nitrogens with zero attached hydrogens (tertiary/aromatic N) is 1. The Morgan fingerprint density at radius 2 is 2.31 bits per heavy atom. The summed E-state index contributed by atoms with van der Waals surface area (Å²) in [6.07, 6.45) is 2.83. The van der Waals surface area contributed by atoms with Crippen molar-refractivity contribution in [2.24, 2.45) is 5.92 Å². The van der Waals surface area contributed by atoms with Crippen LogP contribution in [0.1, 0.15) is 26.2 Å². The Bertz CT molecular complexity index is 178. The average molecular weight is 231 g/mol. The maximum absolute atomic E-state index is 9.74. The Balaban J connectivity index is 2.03. The van der Waals surface area contributed by atoms with Crippen LogP contribution < -0.4 is 0 Å². The molecule has 0 spiro atoms. The Hall–Kier alpha value is -0.160. The number of aliphatic hydroxyl groups is 2. The molecular weight excluding hydrogens is 206 g/mol. The van der Waals surface area contributed by atoms with Crippen molar-refractivity contribution in [3.05, 3.63) is 0 Å². The van der Waals surface area contributed by atoms with Crippen molar-refractivity contribution in [3.8, 4) is 0 Å². The molecule has 4 heteroatoms. The van der Waals surface area contributed by atoms with Crippen molar-refractivity contribution in [2.45, 2.75) is 32.3 Å². The lowest BCUT2D eigenvalue weighted by Gasteiger charge is -2.19. The van der Waals surface area contributed by atoms with Crippen molar-refractivity contribution in [1.82, 2.24) is 4.90 Å². The number of hydrogen-bond donors (Lipinski definition) is 2. The van der Waals surface area contributed by atoms with E-state index in [0.717, 1.165) is 39.0 Å². The van der Waals surface area contributed by atoms with Gasteiger partial charge in [-0.1, -0.05) is 13.3 Å². The van der Waals surface area contributed by atoms with E-state index >= 15 is 0 Å². The molecule has 0 saturated carbocycles. The van der Waals surface area contributed by atoms with Gasteiger partial charge in [0.05, 0.1) is 12.7 Å². The molecule has 1 aliphatic rings. The van der Waals surface area contributed by atoms with Crippen LogP contribution in [0.15, 0.2) is 0 Å². The number of aliphatic hydroxyl groups excluding tert-OH is 2. The molecule has 16 heavy (non-hydrogen) atoms. The van der Waals surface area contributed by atoms with E-state index in [-0.39, 0.29) is 6.61 Å². The summed E-state index contributed by atoms with van der Waals surface area (Å²) >= 11 is 0. The van der Waals surface area contributed by atoms with Crippen LogP contribution in [-0.4, -0.2) is 60.7 Å². The molecule has 2 atom stereocenters. The van der Waals surface area contributed by atoms with Gasteiger partial charge in [0, 0.05) is 26.3 Å². The number of β-amino-alcohol motifs (C(OH)–C–C–N with tert-alkyl or cyclic N) is 1. The fourth-order valence-electron chi connectivity index (χ4n) is 2.04. The monoisotopic (exact) mass is 231 g/mol. The summed E-state index contributed by atoms with van der Waals surface area (Å²) in [5, 5.41) is 18.7. The second-order valence-corrected chi connectivity index (χ2v) is 4.68. The van der Waals surface area contributed by atoms with Crippen LogP contribution in [0.2, 0.25) is 0 Å². The Morgan fingerprint density at radius 1 is 1.50 bits per heavy atom. The molecule has 2 N–H and O–H groups in total. The van der Waals surface area contributed by atoms with E-state index in [0.29, 0.717) is 19.1 Å². The van der Waals surface area contributed by atoms with E-state index in [1.54, 1.807) is 0 Å². The van der Waals surface area contributed by atoms with Gasteiger partial charge in [-0.25, -0.2) is 0 Å². The Kier molecular flexibility index (Phi) is 6.96. The van der Waals surface area contributed by atoms with Gasteiger partial charge in [0.1, 0.15) is 0 Å². The SMILES string of the molecule is CCCCOCC(O)CN1CCC(CO)C1. The second kappa shape index (κ2) is 8.01. The maximum Gasteiger partial charge on any atom is 0.0900 e. The Labute approximate surface area is 98.2 Å². The molecule has 1 fully saturated rings. The molecule has 4 nitrogen and oxygen atoms in total. The highest BCUT2D eigenvalue weighted by Gasteiger charge is 2.23. The van der Waals surface area contributed by atoms with Crippen LogP contribution in [0.4, 0.5) is 0 Å². The van der Waals surface area contributed by atoms with Crippen LogP contribution in [0.25, 0.3) is 0 Å². The first-order valence-electron chi connectivity index (χ1n) is 6.35. The normalized spacial score (nSPS) is 23.8. The third-order valence-electron chi connectivity index (χ3n) is 3.05. The molecule has 2 unspecified atom stereocenters. The first-order chi connectivity index (χ1) is 7.76. The quantitative estimate of drug-likeness (QED) is 0.597. The lowest BCUT2D eigenvalue weighted by atomic mass is 10.1. The van der Waals surface area contributed by atoms with Crippen LogP contribution in [0.5, 0.6) is 0 Å². The maximum atomic E-state index is 9.74. The molecule has 0 amide bonds. The van der Waals surface area contributed by atoms with Gasteiger partial charge in [0.2, 0.25) is 0 Å². The molecule has 0 bridgehead atoms. The predicted molar refractivity (Wildman–Crippen MR) is 63.4 cm³/mol. The van der Waals surface area contributed by atoms with Gasteiger partial charge < -0.3 is 19.8 Å². The molecule has 0 radical (unpaired) electrons. The van der Waals surface area contributed by atoms with Crippen molar-refractivity contribution in [1.29, 1.82) is 0 Å². The third kappa shape index (κ3) is 5.25. The van der Waals surface area contributed by atoms with Crippen molar-refractivity contribution < 1.29 is 14.9 Å². The zero-order chi connectivity index (χ0) is 11.8. The Morgan fingerprint density at radius 3 is 2.94 bits per heavy atom. The zero-order valence-electron chi connectivity index (χ0n) is 10.3. The van der Waals surface area contributed by atoms with E-state index in [1.165, 1.54) is 0 Å². The van der Waals surface area contributed by atoms with E-state index in [1.807, 2.05) is 0 Å². The fraction of sp³-hybridized carbons (Fsp3) is 1.00. The van der Waals surface area contributed by atoms with Crippen molar-refractivity contribution in [2.75, 3.05) is 39.5 Å². The van der Waals surface area contributed by atoms with Gasteiger partial charge in [-0.2, -0.15) is 0 Å². The highest BCUT2D eigenvalue weighted by Crippen LogP contribution is 2.15. The minimum absolute atomic E-state index is 0.263. The fourth-order valence-corrected chi connectivity index (χ4v) is 2.04. The first kappa shape index (κ1) is 13.9. The van der Waals surface area contributed by atoms with Crippen LogP contribution in [0, 0.1) is 5.92 Å². The van der Waals surface area contributed by atoms with Crippen molar-refractivity contribution >= 4 is 0 Å². The van der Waals surface area contributed by atoms with Crippen LogP contribution >= 0.6 is 0 Å². The lowest BCUT2D eigenvalue weighted by Crippen LogP contribution is -2.33. The van der Waals surface area contributed by atoms with Crippen molar-refractivity contribution in [3.63, 3.8) is 0 Å². The molecular formula is C12H25NO3. The minimum atomic E-state index is -0.394. The van der Waals surface area contributed by atoms with Gasteiger partial charge in [-0.15, -0.1) is 0 Å². The minimum Gasteiger partial charge on any atom is -0.396 e. The predicted octanol–water partition coefficient (Wildman–Crippen LogP) is 0.478. The zero-order valence-corrected chi connectivity index (χ0v) is 10.3. The summed E-state index contributed by atoms with van der Waals surface area (Å²) in [5.41, 5.74) is 0. The number of unbranched alkanes of at least 4 members (excludes halogenated alkanes) is 1. The number of rotatable bonds is 8. The molecule has 1 aliphatic heterocycles. The summed E-state index contributed by atoms with van der Waals surface area (Å²) in [7, 11) is 0. The molecule has 1 saturated heterocycles. The molecule has 1 rings (SSSR count). The summed E-state index contributed by atoms with van der Waals surface area (Å²) in [5.74, 6) is 0.396. The topological polar surface area (TPSA) is 52.9 Å². The third-order valence-corrected chi connectivity index (χ3v) is 3.05. The molecule has 0 aliphatic carbocycles. The molecule has 0 aromatic heterocycles. The first-order valence-corrected chi connectivity index (χ1v) is 6.35. The van der Waals surface area contributed by atoms with Gasteiger partial charge in [0.15, 0.2) is 0 Å². The lowest BCUT2D eigenvalue weighted by molar-refractivity contribution is 0.0186. The summed E-state index contributed by atoms with van der Waals surface area (Å²) in [6, 6.07) is 0. The largest absolute Gasteiger partial charge is 0.396 e. The van der Waals surface area contributed by atoms with Gasteiger partial charge in [-0.3, -0.25) is 0 Å². The van der Waals surface area contributed by atoms with E-state index in [9.17, 15) is 5.11 Å². The molecule has 96 valence electrons. The second-order valence-electron chi connectivity index (χ2n) is 4.68. The highest BCUT2D eigenvalue weighted by atomic mass is 16.5. The van der Waals surface area contributed by atoms with E-state index in [2.05, 4.69) is 11.8 Å². The standard InChI is InChI=1S/C12H25NO3/c1-2-3-6-16-10-12(15)8-13-5-4-11(7-13)9-14/h11-12,14-15H,2-10H2,1H3. The molecule has 1 heterocycles. The number of ether oxygens (including phenoxy) is 1. The summed E-state index contributed by atoms with van der Waals surface area (Å²) < 4.78 is 5.37. The number of likely N-dealkylation sites (tertiary alicyclic amines) is 1. The van der Waals surface area contributed by atoms with E-state index in [4.69, 9.17) is 9.84 Å². The van der Waals surface area contributed by atoms with E-state index < -0.39 is 6.10 Å². The molecule has 0 aromatic carbocycles. The highest BCUT2D eigenvalue weighted by molar-refractivity contribution is 4.76. The van der Waals surface area contributed by atoms with Gasteiger partial charge in [-0.05, 0) is 25.3 Å². The van der Waals surface area contributed by atoms with Gasteiger partial charge in [0.25, 0.3) is 0 Å². The molecule has 0 aromatic rings. The smallest absolute Gasteiger partial charge is 0.0900 e.